The van der Waals surface area contributed by atoms with Gasteiger partial charge in [0.2, 0.25) is 0 Å². The maximum Gasteiger partial charge on any atom is 0.463 e. The molecule has 0 aromatic rings. The van der Waals surface area contributed by atoms with Gasteiger partial charge in [0.25, 0.3) is 0 Å². The highest BCUT2D eigenvalue weighted by atomic mass is 19.4. The lowest BCUT2D eigenvalue weighted by atomic mass is 10.2. The van der Waals surface area contributed by atoms with Crippen molar-refractivity contribution in [2.75, 3.05) is 13.6 Å². The smallest absolute Gasteiger partial charge is 0.392 e. The minimum absolute atomic E-state index is 0.137. The Hall–Kier alpha value is -0.920. The molecule has 0 saturated heterocycles. The molecule has 0 aliphatic heterocycles. The SMILES string of the molecule is CC(O)CN(C)C(=O)C(F)(F)C(F)(F)F. The van der Waals surface area contributed by atoms with Crippen LogP contribution < -0.4 is 0 Å². The van der Waals surface area contributed by atoms with Gasteiger partial charge in [-0.2, -0.15) is 22.0 Å². The minimum atomic E-state index is -5.92. The number of alkyl halides is 5. The summed E-state index contributed by atoms with van der Waals surface area (Å²) in [7, 11) is 0.759. The van der Waals surface area contributed by atoms with Gasteiger partial charge < -0.3 is 10.0 Å². The summed E-state index contributed by atoms with van der Waals surface area (Å²) in [5.74, 6) is -7.80. The predicted octanol–water partition coefficient (Wildman–Crippen LogP) is 1.02. The monoisotopic (exact) mass is 235 g/mol. The van der Waals surface area contributed by atoms with Crippen LogP contribution >= 0.6 is 0 Å². The molecule has 3 nitrogen and oxygen atoms in total. The average Bonchev–Trinajstić information content (AvgIpc) is 1.99. The molecule has 0 saturated carbocycles. The van der Waals surface area contributed by atoms with Crippen molar-refractivity contribution in [1.82, 2.24) is 4.90 Å². The van der Waals surface area contributed by atoms with Gasteiger partial charge in [-0.3, -0.25) is 4.79 Å². The Morgan fingerprint density at radius 2 is 1.73 bits per heavy atom. The van der Waals surface area contributed by atoms with Crippen LogP contribution in [0.5, 0.6) is 0 Å². The molecular weight excluding hydrogens is 225 g/mol. The lowest BCUT2D eigenvalue weighted by molar-refractivity contribution is -0.274. The van der Waals surface area contributed by atoms with Gasteiger partial charge in [-0.15, -0.1) is 0 Å². The van der Waals surface area contributed by atoms with Crippen LogP contribution in [0.25, 0.3) is 0 Å². The first-order valence-electron chi connectivity index (χ1n) is 3.88. The number of hydrogen-bond donors (Lipinski definition) is 1. The average molecular weight is 235 g/mol. The molecule has 0 fully saturated rings. The van der Waals surface area contributed by atoms with E-state index >= 15 is 0 Å². The maximum atomic E-state index is 12.4. The van der Waals surface area contributed by atoms with Crippen LogP contribution in [0.3, 0.4) is 0 Å². The molecule has 0 aliphatic carbocycles. The zero-order valence-corrected chi connectivity index (χ0v) is 7.98. The Kier molecular flexibility index (Phi) is 4.03. The van der Waals surface area contributed by atoms with Crippen LogP contribution in [0.15, 0.2) is 0 Å². The van der Waals surface area contributed by atoms with E-state index in [0.29, 0.717) is 0 Å². The number of amides is 1. The molecule has 1 N–H and O–H groups in total. The zero-order valence-electron chi connectivity index (χ0n) is 7.98. The number of nitrogens with zero attached hydrogens (tertiary/aromatic N) is 1. The Morgan fingerprint density at radius 3 is 2.00 bits per heavy atom. The van der Waals surface area contributed by atoms with E-state index in [0.717, 1.165) is 14.0 Å². The summed E-state index contributed by atoms with van der Waals surface area (Å²) >= 11 is 0. The maximum absolute atomic E-state index is 12.4. The van der Waals surface area contributed by atoms with Crippen molar-refractivity contribution in [1.29, 1.82) is 0 Å². The molecule has 0 aliphatic rings. The van der Waals surface area contributed by atoms with Gasteiger partial charge in [0.05, 0.1) is 6.10 Å². The summed E-state index contributed by atoms with van der Waals surface area (Å²) in [5, 5.41) is 8.72. The first kappa shape index (κ1) is 14.1. The van der Waals surface area contributed by atoms with E-state index in [2.05, 4.69) is 0 Å². The zero-order chi connectivity index (χ0) is 12.4. The van der Waals surface area contributed by atoms with Crippen LogP contribution in [0, 0.1) is 0 Å². The van der Waals surface area contributed by atoms with Crippen LogP contribution in [0.2, 0.25) is 0 Å². The van der Waals surface area contributed by atoms with Crippen LogP contribution in [0.4, 0.5) is 22.0 Å². The Bertz CT molecular complexity index is 238. The van der Waals surface area contributed by atoms with Gasteiger partial charge in [0.1, 0.15) is 0 Å². The topological polar surface area (TPSA) is 40.5 Å². The van der Waals surface area contributed by atoms with E-state index in [1.54, 1.807) is 0 Å². The second kappa shape index (κ2) is 4.30. The molecule has 0 aromatic carbocycles. The fraction of sp³-hybridized carbons (Fsp3) is 0.857. The van der Waals surface area contributed by atoms with E-state index in [1.807, 2.05) is 0 Å². The number of likely N-dealkylation sites (N-methyl/N-ethyl adjacent to an activating group) is 1. The Labute approximate surface area is 82.5 Å². The number of hydrogen-bond acceptors (Lipinski definition) is 2. The van der Waals surface area contributed by atoms with Crippen molar-refractivity contribution in [3.8, 4) is 0 Å². The fourth-order valence-electron chi connectivity index (χ4n) is 0.840. The van der Waals surface area contributed by atoms with E-state index in [1.165, 1.54) is 0 Å². The second-order valence-electron chi connectivity index (χ2n) is 3.11. The third-order valence-corrected chi connectivity index (χ3v) is 1.51. The van der Waals surface area contributed by atoms with Crippen molar-refractivity contribution in [3.63, 3.8) is 0 Å². The second-order valence-corrected chi connectivity index (χ2v) is 3.11. The summed E-state index contributed by atoms with van der Waals surface area (Å²) in [6.07, 6.45) is -7.10. The summed E-state index contributed by atoms with van der Waals surface area (Å²) in [5.41, 5.74) is 0. The molecule has 0 spiro atoms. The Balaban J connectivity index is 4.70. The number of carbonyl (C=O) groups excluding carboxylic acids is 1. The molecule has 1 amide bonds. The van der Waals surface area contributed by atoms with Gasteiger partial charge in [-0.25, -0.2) is 0 Å². The molecule has 15 heavy (non-hydrogen) atoms. The first-order chi connectivity index (χ1) is 6.50. The van der Waals surface area contributed by atoms with E-state index in [4.69, 9.17) is 5.11 Å². The van der Waals surface area contributed by atoms with Crippen LogP contribution in [-0.4, -0.2) is 47.7 Å². The quantitative estimate of drug-likeness (QED) is 0.742. The third kappa shape index (κ3) is 3.29. The summed E-state index contributed by atoms with van der Waals surface area (Å²) in [4.78, 5) is 10.8. The minimum Gasteiger partial charge on any atom is -0.392 e. The van der Waals surface area contributed by atoms with E-state index in [9.17, 15) is 26.7 Å². The number of carbonyl (C=O) groups is 1. The highest BCUT2D eigenvalue weighted by Gasteiger charge is 2.64. The fourth-order valence-corrected chi connectivity index (χ4v) is 0.840. The van der Waals surface area contributed by atoms with Crippen molar-refractivity contribution >= 4 is 5.91 Å². The van der Waals surface area contributed by atoms with Crippen molar-refractivity contribution in [2.24, 2.45) is 0 Å². The molecule has 0 rings (SSSR count). The van der Waals surface area contributed by atoms with Gasteiger partial charge in [-0.1, -0.05) is 0 Å². The normalized spacial score (nSPS) is 14.9. The number of rotatable bonds is 3. The number of aliphatic hydroxyl groups is 1. The summed E-state index contributed by atoms with van der Waals surface area (Å²) in [6.45, 7) is 0.569. The molecule has 8 heteroatoms. The van der Waals surface area contributed by atoms with Crippen LogP contribution in [0.1, 0.15) is 6.92 Å². The van der Waals surface area contributed by atoms with Crippen LogP contribution in [-0.2, 0) is 4.79 Å². The predicted molar refractivity (Wildman–Crippen MR) is 40.3 cm³/mol. The van der Waals surface area contributed by atoms with E-state index in [-0.39, 0.29) is 4.90 Å². The molecule has 0 heterocycles. The molecule has 90 valence electrons. The lowest BCUT2D eigenvalue weighted by Gasteiger charge is -2.25. The lowest BCUT2D eigenvalue weighted by Crippen LogP contribution is -2.52. The Morgan fingerprint density at radius 1 is 1.33 bits per heavy atom. The highest BCUT2D eigenvalue weighted by Crippen LogP contribution is 2.36. The van der Waals surface area contributed by atoms with Crippen molar-refractivity contribution in [3.05, 3.63) is 0 Å². The highest BCUT2D eigenvalue weighted by molar-refractivity contribution is 5.84. The molecule has 1 atom stereocenters. The molecule has 1 unspecified atom stereocenters. The van der Waals surface area contributed by atoms with Crippen molar-refractivity contribution in [2.45, 2.75) is 25.1 Å². The van der Waals surface area contributed by atoms with Gasteiger partial charge >= 0.3 is 18.0 Å². The summed E-state index contributed by atoms with van der Waals surface area (Å²) < 4.78 is 60.0. The number of halogens is 5. The molecule has 0 aromatic heterocycles. The first-order valence-corrected chi connectivity index (χ1v) is 3.88. The molecular formula is C7H10F5NO2. The van der Waals surface area contributed by atoms with E-state index < -0.39 is 30.7 Å². The van der Waals surface area contributed by atoms with Gasteiger partial charge in [0.15, 0.2) is 0 Å². The van der Waals surface area contributed by atoms with Crippen molar-refractivity contribution < 1.29 is 31.9 Å². The third-order valence-electron chi connectivity index (χ3n) is 1.51. The largest absolute Gasteiger partial charge is 0.463 e. The summed E-state index contributed by atoms with van der Waals surface area (Å²) in [6, 6.07) is 0. The molecule has 0 radical (unpaired) electrons. The molecule has 0 bridgehead atoms. The van der Waals surface area contributed by atoms with Gasteiger partial charge in [0, 0.05) is 13.6 Å². The number of aliphatic hydroxyl groups excluding tert-OH is 1. The van der Waals surface area contributed by atoms with Gasteiger partial charge in [-0.05, 0) is 6.92 Å². The standard InChI is InChI=1S/C7H10F5NO2/c1-4(14)3-13(2)5(15)6(8,9)7(10,11)12/h4,14H,3H2,1-2H3.